The fourth-order valence-electron chi connectivity index (χ4n) is 2.96. The van der Waals surface area contributed by atoms with Gasteiger partial charge in [-0.25, -0.2) is 4.79 Å². The number of hydrogen-bond acceptors (Lipinski definition) is 3. The number of rotatable bonds is 5. The van der Waals surface area contributed by atoms with Gasteiger partial charge in [0, 0.05) is 6.54 Å². The van der Waals surface area contributed by atoms with Crippen LogP contribution in [0.1, 0.15) is 24.5 Å². The third kappa shape index (κ3) is 3.39. The summed E-state index contributed by atoms with van der Waals surface area (Å²) in [6.07, 6.45) is 0.434. The van der Waals surface area contributed by atoms with Gasteiger partial charge in [0.1, 0.15) is 5.54 Å². The van der Waals surface area contributed by atoms with E-state index in [0.29, 0.717) is 13.0 Å². The largest absolute Gasteiger partial charge is 0.357 e. The molecule has 6 nitrogen and oxygen atoms in total. The second-order valence-electron chi connectivity index (χ2n) is 5.98. The minimum Gasteiger partial charge on any atom is -0.357 e. The molecule has 0 unspecified atom stereocenters. The first-order chi connectivity index (χ1) is 12.6. The van der Waals surface area contributed by atoms with Crippen LogP contribution in [0.25, 0.3) is 0 Å². The van der Waals surface area contributed by atoms with Crippen LogP contribution in [0.3, 0.4) is 0 Å². The lowest BCUT2D eigenvalue weighted by molar-refractivity contribution is -0.133. The maximum absolute atomic E-state index is 13.0. The van der Waals surface area contributed by atoms with E-state index in [-0.39, 0.29) is 11.0 Å². The molecule has 0 saturated carbocycles. The van der Waals surface area contributed by atoms with Gasteiger partial charge in [-0.15, -0.1) is 0 Å². The molecule has 3 N–H and O–H groups in total. The number of hydrogen-bond donors (Lipinski definition) is 3. The summed E-state index contributed by atoms with van der Waals surface area (Å²) in [6.45, 7) is 2.36. The Bertz CT molecular complexity index is 813. The minimum absolute atomic E-state index is 0.206. The maximum atomic E-state index is 13.0. The molecule has 1 aliphatic rings. The van der Waals surface area contributed by atoms with Gasteiger partial charge in [-0.05, 0) is 29.8 Å². The van der Waals surface area contributed by atoms with E-state index in [4.69, 9.17) is 12.2 Å². The first-order valence-corrected chi connectivity index (χ1v) is 8.78. The molecule has 0 radical (unpaired) electrons. The van der Waals surface area contributed by atoms with Crippen LogP contribution in [0.4, 0.5) is 4.79 Å². The highest BCUT2D eigenvalue weighted by Gasteiger charge is 2.51. The Kier molecular flexibility index (Phi) is 5.18. The Morgan fingerprint density at radius 3 is 2.31 bits per heavy atom. The van der Waals surface area contributed by atoms with E-state index >= 15 is 0 Å². The van der Waals surface area contributed by atoms with E-state index in [2.05, 4.69) is 16.1 Å². The SMILES string of the molecule is CC[C@]1(c2ccccc2)NC(=O)N(NC(=S)NCc2ccccc2)C1=O. The zero-order valence-corrected chi connectivity index (χ0v) is 15.2. The molecule has 2 aromatic carbocycles. The van der Waals surface area contributed by atoms with Gasteiger partial charge in [0.05, 0.1) is 0 Å². The van der Waals surface area contributed by atoms with Gasteiger partial charge in [0.15, 0.2) is 5.11 Å². The van der Waals surface area contributed by atoms with Crippen molar-refractivity contribution in [3.8, 4) is 0 Å². The molecule has 0 aliphatic carbocycles. The standard InChI is InChI=1S/C19H20N4O2S/c1-2-19(15-11-7-4-8-12-15)16(24)23(18(25)21-19)22-17(26)20-13-14-9-5-3-6-10-14/h3-12H,2,13H2,1H3,(H,21,25)(H2,20,22,26)/t19-/m1/s1. The highest BCUT2D eigenvalue weighted by atomic mass is 32.1. The molecule has 1 saturated heterocycles. The van der Waals surface area contributed by atoms with Crippen LogP contribution >= 0.6 is 12.2 Å². The molecule has 3 rings (SSSR count). The average molecular weight is 368 g/mol. The van der Waals surface area contributed by atoms with Crippen molar-refractivity contribution >= 4 is 29.3 Å². The molecule has 1 heterocycles. The molecule has 7 heteroatoms. The smallest absolute Gasteiger partial charge is 0.344 e. The Labute approximate surface area is 157 Å². The van der Waals surface area contributed by atoms with Crippen LogP contribution in [0.15, 0.2) is 60.7 Å². The van der Waals surface area contributed by atoms with E-state index in [1.807, 2.05) is 67.6 Å². The minimum atomic E-state index is -1.08. The van der Waals surface area contributed by atoms with E-state index in [0.717, 1.165) is 16.1 Å². The fraction of sp³-hybridized carbons (Fsp3) is 0.211. The third-order valence-electron chi connectivity index (χ3n) is 4.40. The summed E-state index contributed by atoms with van der Waals surface area (Å²) < 4.78 is 0. The summed E-state index contributed by atoms with van der Waals surface area (Å²) in [5.41, 5.74) is 3.40. The number of nitrogens with one attached hydrogen (secondary N) is 3. The molecule has 2 aromatic rings. The summed E-state index contributed by atoms with van der Waals surface area (Å²) in [5.74, 6) is -0.375. The van der Waals surface area contributed by atoms with Crippen molar-refractivity contribution in [2.75, 3.05) is 0 Å². The highest BCUT2D eigenvalue weighted by Crippen LogP contribution is 2.31. The second-order valence-corrected chi connectivity index (χ2v) is 6.38. The zero-order chi connectivity index (χ0) is 18.6. The van der Waals surface area contributed by atoms with Gasteiger partial charge < -0.3 is 10.6 Å². The maximum Gasteiger partial charge on any atom is 0.344 e. The van der Waals surface area contributed by atoms with Gasteiger partial charge in [0.25, 0.3) is 5.91 Å². The van der Waals surface area contributed by atoms with Gasteiger partial charge in [-0.2, -0.15) is 5.01 Å². The Morgan fingerprint density at radius 2 is 1.69 bits per heavy atom. The lowest BCUT2D eigenvalue weighted by atomic mass is 9.87. The zero-order valence-electron chi connectivity index (χ0n) is 14.4. The molecule has 1 atom stereocenters. The van der Waals surface area contributed by atoms with Crippen LogP contribution in [0.2, 0.25) is 0 Å². The van der Waals surface area contributed by atoms with Crippen LogP contribution in [0, 0.1) is 0 Å². The van der Waals surface area contributed by atoms with Crippen LogP contribution in [0.5, 0.6) is 0 Å². The molecule has 0 aromatic heterocycles. The van der Waals surface area contributed by atoms with Crippen LogP contribution in [-0.4, -0.2) is 22.1 Å². The first-order valence-electron chi connectivity index (χ1n) is 8.37. The summed E-state index contributed by atoms with van der Waals surface area (Å²) >= 11 is 5.23. The molecule has 1 aliphatic heterocycles. The number of benzene rings is 2. The highest BCUT2D eigenvalue weighted by molar-refractivity contribution is 7.80. The second kappa shape index (κ2) is 7.53. The van der Waals surface area contributed by atoms with Gasteiger partial charge >= 0.3 is 6.03 Å². The normalized spacial score (nSPS) is 19.2. The molecule has 26 heavy (non-hydrogen) atoms. The summed E-state index contributed by atoms with van der Waals surface area (Å²) in [7, 11) is 0. The summed E-state index contributed by atoms with van der Waals surface area (Å²) in [6, 6.07) is 18.4. The monoisotopic (exact) mass is 368 g/mol. The molecule has 0 bridgehead atoms. The fourth-order valence-corrected chi connectivity index (χ4v) is 3.12. The van der Waals surface area contributed by atoms with E-state index < -0.39 is 11.6 Å². The van der Waals surface area contributed by atoms with Gasteiger partial charge in [0.2, 0.25) is 0 Å². The molecule has 0 spiro atoms. The lowest BCUT2D eigenvalue weighted by Crippen LogP contribution is -2.51. The van der Waals surface area contributed by atoms with Crippen molar-refractivity contribution < 1.29 is 9.59 Å². The average Bonchev–Trinajstić information content (AvgIpc) is 2.93. The van der Waals surface area contributed by atoms with Crippen molar-refractivity contribution in [2.24, 2.45) is 0 Å². The number of thiocarbonyl (C=S) groups is 1. The third-order valence-corrected chi connectivity index (χ3v) is 4.63. The van der Waals surface area contributed by atoms with E-state index in [1.54, 1.807) is 0 Å². The predicted molar refractivity (Wildman–Crippen MR) is 103 cm³/mol. The number of hydrazine groups is 1. The number of urea groups is 1. The van der Waals surface area contributed by atoms with E-state index in [9.17, 15) is 9.59 Å². The first kappa shape index (κ1) is 17.9. The van der Waals surface area contributed by atoms with Crippen LogP contribution in [-0.2, 0) is 16.9 Å². The predicted octanol–water partition coefficient (Wildman–Crippen LogP) is 2.42. The quantitative estimate of drug-likeness (QED) is 0.558. The number of imide groups is 1. The molecule has 134 valence electrons. The van der Waals surface area contributed by atoms with Gasteiger partial charge in [-0.3, -0.25) is 10.2 Å². The van der Waals surface area contributed by atoms with Crippen molar-refractivity contribution in [3.05, 3.63) is 71.8 Å². The summed E-state index contributed by atoms with van der Waals surface area (Å²) in [5, 5.41) is 6.95. The van der Waals surface area contributed by atoms with Gasteiger partial charge in [-0.1, -0.05) is 67.6 Å². The van der Waals surface area contributed by atoms with Crippen molar-refractivity contribution in [1.29, 1.82) is 0 Å². The Morgan fingerprint density at radius 1 is 1.08 bits per heavy atom. The molecule has 1 fully saturated rings. The molecule has 3 amide bonds. The molecular weight excluding hydrogens is 348 g/mol. The number of amides is 3. The van der Waals surface area contributed by atoms with Crippen molar-refractivity contribution in [1.82, 2.24) is 21.1 Å². The Hall–Kier alpha value is -2.93. The number of carbonyl (C=O) groups excluding carboxylic acids is 2. The lowest BCUT2D eigenvalue weighted by Gasteiger charge is -2.25. The van der Waals surface area contributed by atoms with Crippen LogP contribution < -0.4 is 16.1 Å². The van der Waals surface area contributed by atoms with Crippen molar-refractivity contribution in [3.63, 3.8) is 0 Å². The van der Waals surface area contributed by atoms with Crippen molar-refractivity contribution in [2.45, 2.75) is 25.4 Å². The number of nitrogens with zero attached hydrogens (tertiary/aromatic N) is 1. The Balaban J connectivity index is 1.70. The molecular formula is C19H20N4O2S. The summed E-state index contributed by atoms with van der Waals surface area (Å²) in [4.78, 5) is 25.4. The van der Waals surface area contributed by atoms with E-state index in [1.165, 1.54) is 0 Å². The number of carbonyl (C=O) groups is 2. The topological polar surface area (TPSA) is 73.5 Å².